The van der Waals surface area contributed by atoms with Crippen molar-refractivity contribution in [3.8, 4) is 5.69 Å². The summed E-state index contributed by atoms with van der Waals surface area (Å²) in [5.74, 6) is -2.69. The van der Waals surface area contributed by atoms with E-state index in [4.69, 9.17) is 5.11 Å². The smallest absolute Gasteiger partial charge is 0.434 e. The number of amides is 2. The molecule has 1 saturated heterocycles. The topological polar surface area (TPSA) is 99.8 Å². The van der Waals surface area contributed by atoms with E-state index in [1.54, 1.807) is 0 Å². The molecule has 0 unspecified atom stereocenters. The van der Waals surface area contributed by atoms with E-state index in [1.165, 1.54) is 45.2 Å². The molecule has 2 heterocycles. The fraction of sp³-hybridized carbons (Fsp3) is 0.273. The van der Waals surface area contributed by atoms with Gasteiger partial charge in [-0.2, -0.15) is 0 Å². The minimum Gasteiger partial charge on any atom is -0.463 e. The first-order valence-corrected chi connectivity index (χ1v) is 10.1. The number of guanidine groups is 1. The molecule has 178 valence electrons. The number of imidazole rings is 1. The number of hydrogen-bond donors (Lipinski definition) is 2. The van der Waals surface area contributed by atoms with Gasteiger partial charge >= 0.3 is 6.09 Å². The van der Waals surface area contributed by atoms with Gasteiger partial charge in [-0.15, -0.1) is 4.99 Å². The number of aryl methyl sites for hydroxylation is 1. The normalized spacial score (nSPS) is 19.8. The molecule has 0 radical (unpaired) electrons. The molecule has 1 aliphatic rings. The van der Waals surface area contributed by atoms with E-state index >= 15 is 4.39 Å². The summed E-state index contributed by atoms with van der Waals surface area (Å²) < 4.78 is 58.8. The molecule has 0 spiro atoms. The van der Waals surface area contributed by atoms with Crippen LogP contribution in [0.25, 0.3) is 16.7 Å². The number of fused-ring (bicyclic) bond motifs is 1. The first-order valence-electron chi connectivity index (χ1n) is 10.1. The highest BCUT2D eigenvalue weighted by Gasteiger charge is 2.41. The molecule has 34 heavy (non-hydrogen) atoms. The highest BCUT2D eigenvalue weighted by atomic mass is 19.3. The van der Waals surface area contributed by atoms with Crippen LogP contribution >= 0.6 is 0 Å². The highest BCUT2D eigenvalue weighted by Crippen LogP contribution is 2.37. The fourth-order valence-electron chi connectivity index (χ4n) is 4.17. The van der Waals surface area contributed by atoms with E-state index in [0.29, 0.717) is 0 Å². The molecule has 1 aliphatic heterocycles. The monoisotopic (exact) mass is 477 g/mol. The largest absolute Gasteiger partial charge is 0.463 e. The lowest BCUT2D eigenvalue weighted by Gasteiger charge is -2.40. The van der Waals surface area contributed by atoms with E-state index < -0.39 is 41.2 Å². The lowest BCUT2D eigenvalue weighted by Crippen LogP contribution is -2.59. The first kappa shape index (κ1) is 23.2. The van der Waals surface area contributed by atoms with Crippen LogP contribution in [0.1, 0.15) is 36.7 Å². The van der Waals surface area contributed by atoms with Gasteiger partial charge in [0.25, 0.3) is 6.43 Å². The van der Waals surface area contributed by atoms with Crippen LogP contribution in [0.3, 0.4) is 0 Å². The maximum Gasteiger partial charge on any atom is 0.434 e. The molecule has 2 N–H and O–H groups in total. The van der Waals surface area contributed by atoms with Gasteiger partial charge in [-0.3, -0.25) is 14.3 Å². The van der Waals surface area contributed by atoms with Gasteiger partial charge < -0.3 is 10.4 Å². The molecule has 1 aromatic heterocycles. The average Bonchev–Trinajstić information content (AvgIpc) is 3.06. The fourth-order valence-corrected chi connectivity index (χ4v) is 4.17. The van der Waals surface area contributed by atoms with Gasteiger partial charge in [-0.1, -0.05) is 12.1 Å². The number of aliphatic imine (C=N–C) groups is 1. The van der Waals surface area contributed by atoms with Gasteiger partial charge in [0.2, 0.25) is 11.9 Å². The Morgan fingerprint density at radius 2 is 1.97 bits per heavy atom. The van der Waals surface area contributed by atoms with Crippen LogP contribution in [-0.2, 0) is 10.3 Å². The second-order valence-corrected chi connectivity index (χ2v) is 8.07. The summed E-state index contributed by atoms with van der Waals surface area (Å²) in [5, 5.41) is 11.8. The van der Waals surface area contributed by atoms with Gasteiger partial charge in [0.15, 0.2) is 5.82 Å². The summed E-state index contributed by atoms with van der Waals surface area (Å²) in [7, 11) is 1.32. The molecular weight excluding hydrogens is 458 g/mol. The summed E-state index contributed by atoms with van der Waals surface area (Å²) in [5.41, 5.74) is -2.75. The van der Waals surface area contributed by atoms with Crippen molar-refractivity contribution in [2.45, 2.75) is 32.2 Å². The number of carboxylic acid groups (broad SMARTS) is 1. The van der Waals surface area contributed by atoms with Crippen molar-refractivity contribution in [3.63, 3.8) is 0 Å². The summed E-state index contributed by atoms with van der Waals surface area (Å²) in [6.45, 7) is 2.95. The van der Waals surface area contributed by atoms with Gasteiger partial charge in [0.1, 0.15) is 11.6 Å². The number of carbonyl (C=O) groups excluding carboxylic acids is 1. The van der Waals surface area contributed by atoms with Crippen LogP contribution in [0.15, 0.2) is 35.3 Å². The van der Waals surface area contributed by atoms with Crippen molar-refractivity contribution in [1.29, 1.82) is 0 Å². The number of alkyl halides is 2. The predicted molar refractivity (Wildman–Crippen MR) is 114 cm³/mol. The molecule has 12 heteroatoms. The quantitative estimate of drug-likeness (QED) is 0.550. The summed E-state index contributed by atoms with van der Waals surface area (Å²) in [6, 6.07) is 6.26. The van der Waals surface area contributed by atoms with E-state index in [-0.39, 0.29) is 40.5 Å². The Labute approximate surface area is 190 Å². The van der Waals surface area contributed by atoms with Gasteiger partial charge in [-0.25, -0.2) is 27.3 Å². The zero-order valence-electron chi connectivity index (χ0n) is 18.2. The lowest BCUT2D eigenvalue weighted by atomic mass is 9.86. The van der Waals surface area contributed by atoms with Crippen molar-refractivity contribution in [2.24, 2.45) is 4.99 Å². The minimum absolute atomic E-state index is 0.0409. The molecule has 3 aromatic rings. The number of hydrogen-bond acceptors (Lipinski definition) is 3. The summed E-state index contributed by atoms with van der Waals surface area (Å²) in [4.78, 5) is 32.1. The molecule has 1 fully saturated rings. The van der Waals surface area contributed by atoms with Crippen LogP contribution in [0.2, 0.25) is 0 Å². The minimum atomic E-state index is -3.18. The molecular formula is C22H19F4N5O3. The number of nitrogens with one attached hydrogen (secondary N) is 1. The van der Waals surface area contributed by atoms with Crippen LogP contribution in [-0.4, -0.2) is 44.6 Å². The SMILES string of the molecule is Cc1nc2ccc(F)c(C(F)F)c2n1-c1cccc([C@]2(C)CC(=O)N(C)/C(=N/C(=O)O)N2)c1F. The summed E-state index contributed by atoms with van der Waals surface area (Å²) >= 11 is 0. The Bertz CT molecular complexity index is 1370. The van der Waals surface area contributed by atoms with Crippen LogP contribution in [0, 0.1) is 18.6 Å². The number of rotatable bonds is 3. The average molecular weight is 477 g/mol. The molecule has 2 aromatic carbocycles. The zero-order valence-corrected chi connectivity index (χ0v) is 18.2. The Morgan fingerprint density at radius 3 is 2.62 bits per heavy atom. The molecule has 1 atom stereocenters. The number of halogens is 4. The predicted octanol–water partition coefficient (Wildman–Crippen LogP) is 4.25. The third-order valence-corrected chi connectivity index (χ3v) is 5.79. The Morgan fingerprint density at radius 1 is 1.26 bits per heavy atom. The number of carbonyl (C=O) groups is 2. The molecule has 0 aliphatic carbocycles. The standard InChI is InChI=1S/C22H19F4N5O3/c1-10-27-13-8-7-12(23)16(19(25)26)18(13)31(10)14-6-4-5-11(17(14)24)22(2)9-15(32)30(3)20(29-22)28-21(33)34/h4-8,19H,9H2,1-3H3,(H,28,29)(H,33,34)/t22-/m0/s1. The van der Waals surface area contributed by atoms with Crippen molar-refractivity contribution in [3.05, 3.63) is 58.9 Å². The third-order valence-electron chi connectivity index (χ3n) is 5.79. The summed E-state index contributed by atoms with van der Waals surface area (Å²) in [6.07, 6.45) is -4.98. The van der Waals surface area contributed by atoms with Crippen molar-refractivity contribution >= 4 is 29.0 Å². The molecule has 4 rings (SSSR count). The van der Waals surface area contributed by atoms with Gasteiger partial charge in [0.05, 0.1) is 34.2 Å². The Hall–Kier alpha value is -3.96. The van der Waals surface area contributed by atoms with Crippen molar-refractivity contribution in [2.75, 3.05) is 7.05 Å². The van der Waals surface area contributed by atoms with Gasteiger partial charge in [0, 0.05) is 12.6 Å². The Kier molecular flexibility index (Phi) is 5.54. The van der Waals surface area contributed by atoms with Crippen molar-refractivity contribution < 1.29 is 32.3 Å². The third kappa shape index (κ3) is 3.64. The number of aromatic nitrogens is 2. The second kappa shape index (κ2) is 8.12. The van der Waals surface area contributed by atoms with Gasteiger partial charge in [-0.05, 0) is 32.0 Å². The highest BCUT2D eigenvalue weighted by molar-refractivity contribution is 6.03. The van der Waals surface area contributed by atoms with Crippen LogP contribution in [0.4, 0.5) is 22.4 Å². The lowest BCUT2D eigenvalue weighted by molar-refractivity contribution is -0.129. The molecule has 8 nitrogen and oxygen atoms in total. The van der Waals surface area contributed by atoms with E-state index in [9.17, 15) is 22.8 Å². The van der Waals surface area contributed by atoms with Crippen molar-refractivity contribution in [1.82, 2.24) is 19.8 Å². The second-order valence-electron chi connectivity index (χ2n) is 8.07. The van der Waals surface area contributed by atoms with Crippen LogP contribution in [0.5, 0.6) is 0 Å². The maximum atomic E-state index is 16.0. The number of benzene rings is 2. The van der Waals surface area contributed by atoms with Crippen LogP contribution < -0.4 is 5.32 Å². The molecule has 2 amide bonds. The van der Waals surface area contributed by atoms with E-state index in [0.717, 1.165) is 15.5 Å². The molecule has 0 saturated carbocycles. The van der Waals surface area contributed by atoms with E-state index in [1.807, 2.05) is 0 Å². The zero-order chi connectivity index (χ0) is 24.9. The van der Waals surface area contributed by atoms with E-state index in [2.05, 4.69) is 15.3 Å². The molecule has 0 bridgehead atoms. The number of nitrogens with zero attached hydrogens (tertiary/aromatic N) is 4. The maximum absolute atomic E-state index is 16.0. The first-order chi connectivity index (χ1) is 15.9. The Balaban J connectivity index is 1.93.